The number of nitrogens with one attached hydrogen (secondary N) is 1. The van der Waals surface area contributed by atoms with Gasteiger partial charge < -0.3 is 19.7 Å². The molecule has 0 spiro atoms. The van der Waals surface area contributed by atoms with Crippen LogP contribution >= 0.6 is 0 Å². The zero-order chi connectivity index (χ0) is 17.1. The zero-order valence-corrected chi connectivity index (χ0v) is 13.1. The molecule has 1 atom stereocenters. The van der Waals surface area contributed by atoms with Gasteiger partial charge in [0, 0.05) is 31.4 Å². The maximum atomic E-state index is 12.0. The topological polar surface area (TPSA) is 71.1 Å². The van der Waals surface area contributed by atoms with Crippen molar-refractivity contribution >= 4 is 23.4 Å². The SMILES string of the molecule is [2H]c1cc(N2C[C@H](CNC(C)=O)OC2=O)ccc1N1CCOCC1. The molecule has 0 aliphatic carbocycles. The summed E-state index contributed by atoms with van der Waals surface area (Å²) in [5.41, 5.74) is 1.47. The Balaban J connectivity index is 1.69. The van der Waals surface area contributed by atoms with Crippen molar-refractivity contribution in [3.63, 3.8) is 0 Å². The van der Waals surface area contributed by atoms with Crippen molar-refractivity contribution < 1.29 is 20.4 Å². The van der Waals surface area contributed by atoms with Crippen LogP contribution in [0.25, 0.3) is 0 Å². The van der Waals surface area contributed by atoms with Gasteiger partial charge in [-0.1, -0.05) is 0 Å². The number of carbonyl (C=O) groups is 2. The van der Waals surface area contributed by atoms with Crippen molar-refractivity contribution in [1.82, 2.24) is 5.32 Å². The third-order valence-corrected chi connectivity index (χ3v) is 3.90. The van der Waals surface area contributed by atoms with Gasteiger partial charge in [-0.3, -0.25) is 9.69 Å². The summed E-state index contributed by atoms with van der Waals surface area (Å²) in [6.45, 7) is 4.90. The molecule has 124 valence electrons. The summed E-state index contributed by atoms with van der Waals surface area (Å²) in [4.78, 5) is 26.6. The number of benzene rings is 1. The molecule has 0 saturated carbocycles. The molecular formula is C16H21N3O4. The lowest BCUT2D eigenvalue weighted by atomic mass is 10.2. The number of rotatable bonds is 4. The van der Waals surface area contributed by atoms with Gasteiger partial charge in [-0.25, -0.2) is 4.79 Å². The predicted octanol–water partition coefficient (Wildman–Crippen LogP) is 0.984. The van der Waals surface area contributed by atoms with Crippen LogP contribution in [0.2, 0.25) is 0 Å². The summed E-state index contributed by atoms with van der Waals surface area (Å²) in [7, 11) is 0. The molecule has 23 heavy (non-hydrogen) atoms. The van der Waals surface area contributed by atoms with Crippen LogP contribution in [0.3, 0.4) is 0 Å². The monoisotopic (exact) mass is 320 g/mol. The van der Waals surface area contributed by atoms with E-state index in [0.717, 1.165) is 18.8 Å². The van der Waals surface area contributed by atoms with Gasteiger partial charge in [0.15, 0.2) is 0 Å². The molecule has 2 saturated heterocycles. The number of hydrogen-bond acceptors (Lipinski definition) is 5. The molecule has 2 fully saturated rings. The van der Waals surface area contributed by atoms with Crippen molar-refractivity contribution in [2.24, 2.45) is 0 Å². The van der Waals surface area contributed by atoms with Crippen LogP contribution in [0.4, 0.5) is 16.2 Å². The molecule has 7 nitrogen and oxygen atoms in total. The van der Waals surface area contributed by atoms with E-state index in [0.29, 0.717) is 31.5 Å². The molecular weight excluding hydrogens is 298 g/mol. The Hall–Kier alpha value is -2.28. The fourth-order valence-electron chi connectivity index (χ4n) is 2.67. The van der Waals surface area contributed by atoms with E-state index >= 15 is 0 Å². The van der Waals surface area contributed by atoms with Gasteiger partial charge in [-0.15, -0.1) is 0 Å². The van der Waals surface area contributed by atoms with Crippen molar-refractivity contribution in [3.05, 3.63) is 24.2 Å². The Bertz CT molecular complexity index is 634. The second-order valence-corrected chi connectivity index (χ2v) is 5.58. The summed E-state index contributed by atoms with van der Waals surface area (Å²) in [5.74, 6) is -0.159. The number of cyclic esters (lactones) is 1. The van der Waals surface area contributed by atoms with Crippen molar-refractivity contribution in [1.29, 1.82) is 0 Å². The fourth-order valence-corrected chi connectivity index (χ4v) is 2.67. The first-order valence-corrected chi connectivity index (χ1v) is 7.70. The van der Waals surface area contributed by atoms with E-state index < -0.39 is 6.09 Å². The molecule has 2 heterocycles. The first-order chi connectivity index (χ1) is 11.5. The molecule has 2 aliphatic rings. The third-order valence-electron chi connectivity index (χ3n) is 3.90. The molecule has 2 amide bonds. The molecule has 7 heteroatoms. The Morgan fingerprint density at radius 3 is 2.78 bits per heavy atom. The number of carbonyl (C=O) groups excluding carboxylic acids is 2. The normalized spacial score (nSPS) is 21.9. The predicted molar refractivity (Wildman–Crippen MR) is 85.8 cm³/mol. The van der Waals surface area contributed by atoms with Gasteiger partial charge in [0.2, 0.25) is 5.91 Å². The molecule has 1 aromatic carbocycles. The maximum absolute atomic E-state index is 12.0. The number of nitrogens with zero attached hydrogens (tertiary/aromatic N) is 2. The van der Waals surface area contributed by atoms with Crippen LogP contribution in [-0.2, 0) is 14.3 Å². The minimum Gasteiger partial charge on any atom is -0.442 e. The molecule has 3 rings (SSSR count). The molecule has 0 aromatic heterocycles. The standard InChI is InChI=1S/C16H21N3O4/c1-12(20)17-10-15-11-19(16(21)23-15)14-4-2-13(3-5-14)18-6-8-22-9-7-18/h2-5,15H,6-11H2,1H3,(H,17,20)/t15-/m0/s1/i2D. The van der Waals surface area contributed by atoms with Crippen molar-refractivity contribution in [2.75, 3.05) is 49.2 Å². The summed E-state index contributed by atoms with van der Waals surface area (Å²) < 4.78 is 18.8. The summed E-state index contributed by atoms with van der Waals surface area (Å²) in [6.07, 6.45) is -0.835. The Kier molecular flexibility index (Phi) is 4.28. The van der Waals surface area contributed by atoms with Crippen LogP contribution in [-0.4, -0.2) is 57.5 Å². The lowest BCUT2D eigenvalue weighted by molar-refractivity contribution is -0.119. The number of morpholine rings is 1. The summed E-state index contributed by atoms with van der Waals surface area (Å²) in [6, 6.07) is 5.72. The Labute approximate surface area is 136 Å². The quantitative estimate of drug-likeness (QED) is 0.895. The second-order valence-electron chi connectivity index (χ2n) is 5.58. The molecule has 1 aromatic rings. The summed E-state index contributed by atoms with van der Waals surface area (Å²) in [5, 5.41) is 2.65. The van der Waals surface area contributed by atoms with E-state index in [1.165, 1.54) is 11.8 Å². The number of hydrogen-bond donors (Lipinski definition) is 1. The molecule has 0 bridgehead atoms. The molecule has 2 aliphatic heterocycles. The van der Waals surface area contributed by atoms with Crippen molar-refractivity contribution in [3.8, 4) is 0 Å². The van der Waals surface area contributed by atoms with Crippen LogP contribution in [0.15, 0.2) is 24.2 Å². The zero-order valence-electron chi connectivity index (χ0n) is 14.1. The van der Waals surface area contributed by atoms with Crippen LogP contribution in [0, 0.1) is 0 Å². The fraction of sp³-hybridized carbons (Fsp3) is 0.500. The molecule has 0 unspecified atom stereocenters. The van der Waals surface area contributed by atoms with E-state index in [1.807, 2.05) is 12.1 Å². The van der Waals surface area contributed by atoms with Gasteiger partial charge in [-0.05, 0) is 24.2 Å². The highest BCUT2D eigenvalue weighted by atomic mass is 16.6. The van der Waals surface area contributed by atoms with Gasteiger partial charge in [0.05, 0.1) is 27.7 Å². The molecule has 0 radical (unpaired) electrons. The first-order valence-electron chi connectivity index (χ1n) is 8.20. The minimum absolute atomic E-state index is 0.159. The highest BCUT2D eigenvalue weighted by Crippen LogP contribution is 2.25. The van der Waals surface area contributed by atoms with Gasteiger partial charge in [0.1, 0.15) is 6.10 Å². The van der Waals surface area contributed by atoms with E-state index in [2.05, 4.69) is 10.2 Å². The number of amides is 2. The van der Waals surface area contributed by atoms with E-state index in [4.69, 9.17) is 10.8 Å². The lowest BCUT2D eigenvalue weighted by Crippen LogP contribution is -2.36. The van der Waals surface area contributed by atoms with E-state index in [-0.39, 0.29) is 18.6 Å². The highest BCUT2D eigenvalue weighted by molar-refractivity contribution is 5.90. The van der Waals surface area contributed by atoms with Crippen molar-refractivity contribution in [2.45, 2.75) is 13.0 Å². The Morgan fingerprint density at radius 1 is 1.35 bits per heavy atom. The third kappa shape index (κ3) is 3.73. The number of ether oxygens (including phenoxy) is 2. The first kappa shape index (κ1) is 14.3. The minimum atomic E-state index is -0.455. The van der Waals surface area contributed by atoms with Gasteiger partial charge in [0.25, 0.3) is 0 Å². The van der Waals surface area contributed by atoms with Crippen LogP contribution in [0.5, 0.6) is 0 Å². The second kappa shape index (κ2) is 6.87. The average Bonchev–Trinajstić information content (AvgIpc) is 2.94. The number of anilines is 2. The highest BCUT2D eigenvalue weighted by Gasteiger charge is 2.32. The van der Waals surface area contributed by atoms with Crippen LogP contribution in [0.1, 0.15) is 8.29 Å². The van der Waals surface area contributed by atoms with Gasteiger partial charge >= 0.3 is 6.09 Å². The molecule has 1 N–H and O–H groups in total. The largest absolute Gasteiger partial charge is 0.442 e. The van der Waals surface area contributed by atoms with Gasteiger partial charge in [-0.2, -0.15) is 0 Å². The summed E-state index contributed by atoms with van der Waals surface area (Å²) >= 11 is 0. The maximum Gasteiger partial charge on any atom is 0.414 e. The van der Waals surface area contributed by atoms with Crippen LogP contribution < -0.4 is 15.1 Å². The average molecular weight is 320 g/mol. The van der Waals surface area contributed by atoms with E-state index in [9.17, 15) is 9.59 Å². The van der Waals surface area contributed by atoms with E-state index in [1.54, 1.807) is 6.07 Å². The lowest BCUT2D eigenvalue weighted by Gasteiger charge is -2.29. The smallest absolute Gasteiger partial charge is 0.414 e. The Morgan fingerprint density at radius 2 is 2.09 bits per heavy atom.